The fraction of sp³-hybridized carbons (Fsp3) is 0.750. The molecule has 2 aliphatic heterocycles. The number of aryl methyl sites for hydroxylation is 2. The molecule has 1 atom stereocenters. The Morgan fingerprint density at radius 1 is 1.30 bits per heavy atom. The number of anilines is 1. The lowest BCUT2D eigenvalue weighted by molar-refractivity contribution is 0.0654. The third-order valence-electron chi connectivity index (χ3n) is 4.95. The largest absolute Gasteiger partial charge is 0.377 e. The SMILES string of the molecule is Cc1nn(C)c2nc(NC3CCN(C[C@@H]4CCCO4)CC3)sc12. The van der Waals surface area contributed by atoms with E-state index in [4.69, 9.17) is 9.72 Å². The third-order valence-corrected chi connectivity index (χ3v) is 6.03. The number of nitrogens with zero attached hydrogens (tertiary/aromatic N) is 4. The first-order chi connectivity index (χ1) is 11.2. The Hall–Kier alpha value is -1.18. The van der Waals surface area contributed by atoms with Crippen LogP contribution in [0.2, 0.25) is 0 Å². The zero-order chi connectivity index (χ0) is 15.8. The quantitative estimate of drug-likeness (QED) is 0.930. The molecule has 6 nitrogen and oxygen atoms in total. The first-order valence-electron chi connectivity index (χ1n) is 8.59. The predicted molar refractivity (Wildman–Crippen MR) is 93.2 cm³/mol. The van der Waals surface area contributed by atoms with Crippen LogP contribution in [0.1, 0.15) is 31.4 Å². The Balaban J connectivity index is 1.32. The second-order valence-corrected chi connectivity index (χ2v) is 7.73. The number of fused-ring (bicyclic) bond motifs is 1. The minimum atomic E-state index is 0.472. The average molecular weight is 335 g/mol. The molecule has 1 N–H and O–H groups in total. The van der Waals surface area contributed by atoms with Gasteiger partial charge >= 0.3 is 0 Å². The standard InChI is InChI=1S/C16H25N5OS/c1-11-14-15(20(2)19-11)18-16(23-14)17-12-5-7-21(8-6-12)10-13-4-3-9-22-13/h12-13H,3-10H2,1-2H3,(H,17,18)/t13-/m0/s1. The molecule has 0 bridgehead atoms. The molecule has 4 rings (SSSR count). The van der Waals surface area contributed by atoms with Crippen molar-refractivity contribution >= 4 is 26.8 Å². The number of aromatic nitrogens is 3. The highest BCUT2D eigenvalue weighted by Crippen LogP contribution is 2.29. The molecule has 2 aromatic rings. The number of piperidine rings is 1. The van der Waals surface area contributed by atoms with Crippen molar-refractivity contribution in [3.05, 3.63) is 5.69 Å². The lowest BCUT2D eigenvalue weighted by atomic mass is 10.0. The monoisotopic (exact) mass is 335 g/mol. The fourth-order valence-corrected chi connectivity index (χ4v) is 4.67. The maximum absolute atomic E-state index is 5.75. The van der Waals surface area contributed by atoms with Gasteiger partial charge in [0.15, 0.2) is 10.8 Å². The minimum Gasteiger partial charge on any atom is -0.377 e. The van der Waals surface area contributed by atoms with E-state index >= 15 is 0 Å². The van der Waals surface area contributed by atoms with Gasteiger partial charge in [0.05, 0.1) is 16.5 Å². The van der Waals surface area contributed by atoms with Gasteiger partial charge in [0.2, 0.25) is 0 Å². The molecule has 2 saturated heterocycles. The van der Waals surface area contributed by atoms with Gasteiger partial charge in [-0.15, -0.1) is 0 Å². The van der Waals surface area contributed by atoms with Crippen molar-refractivity contribution in [3.63, 3.8) is 0 Å². The summed E-state index contributed by atoms with van der Waals surface area (Å²) in [6.07, 6.45) is 5.30. The lowest BCUT2D eigenvalue weighted by Gasteiger charge is -2.33. The maximum Gasteiger partial charge on any atom is 0.185 e. The van der Waals surface area contributed by atoms with Crippen LogP contribution in [0.4, 0.5) is 5.13 Å². The van der Waals surface area contributed by atoms with E-state index in [0.717, 1.165) is 42.7 Å². The molecule has 0 amide bonds. The van der Waals surface area contributed by atoms with E-state index < -0.39 is 0 Å². The molecule has 2 aliphatic rings. The van der Waals surface area contributed by atoms with Crippen LogP contribution in [0.25, 0.3) is 10.3 Å². The first-order valence-corrected chi connectivity index (χ1v) is 9.41. The van der Waals surface area contributed by atoms with Crippen molar-refractivity contribution in [2.24, 2.45) is 7.05 Å². The molecule has 23 heavy (non-hydrogen) atoms. The van der Waals surface area contributed by atoms with E-state index in [0.29, 0.717) is 12.1 Å². The van der Waals surface area contributed by atoms with Gasteiger partial charge in [-0.25, -0.2) is 9.67 Å². The van der Waals surface area contributed by atoms with Gasteiger partial charge in [0.1, 0.15) is 0 Å². The van der Waals surface area contributed by atoms with Gasteiger partial charge in [0.25, 0.3) is 0 Å². The maximum atomic E-state index is 5.75. The first kappa shape index (κ1) is 15.4. The number of hydrogen-bond donors (Lipinski definition) is 1. The van der Waals surface area contributed by atoms with Gasteiger partial charge in [-0.1, -0.05) is 11.3 Å². The molecule has 0 spiro atoms. The van der Waals surface area contributed by atoms with Gasteiger partial charge in [0, 0.05) is 39.3 Å². The van der Waals surface area contributed by atoms with E-state index in [1.54, 1.807) is 11.3 Å². The number of hydrogen-bond acceptors (Lipinski definition) is 6. The van der Waals surface area contributed by atoms with E-state index in [-0.39, 0.29) is 0 Å². The number of thiazole rings is 1. The predicted octanol–water partition coefficient (Wildman–Crippen LogP) is 2.39. The summed E-state index contributed by atoms with van der Waals surface area (Å²) in [5.41, 5.74) is 2.06. The van der Waals surface area contributed by atoms with Crippen LogP contribution < -0.4 is 5.32 Å². The Morgan fingerprint density at radius 2 is 2.13 bits per heavy atom. The van der Waals surface area contributed by atoms with Crippen LogP contribution >= 0.6 is 11.3 Å². The van der Waals surface area contributed by atoms with Crippen LogP contribution in [0, 0.1) is 6.92 Å². The highest BCUT2D eigenvalue weighted by Gasteiger charge is 2.24. The Morgan fingerprint density at radius 3 is 2.83 bits per heavy atom. The molecule has 0 unspecified atom stereocenters. The van der Waals surface area contributed by atoms with Gasteiger partial charge < -0.3 is 15.0 Å². The molecular weight excluding hydrogens is 310 g/mol. The number of likely N-dealkylation sites (tertiary alicyclic amines) is 1. The van der Waals surface area contributed by atoms with E-state index in [1.165, 1.54) is 30.4 Å². The molecular formula is C16H25N5OS. The van der Waals surface area contributed by atoms with Gasteiger partial charge in [-0.3, -0.25) is 0 Å². The van der Waals surface area contributed by atoms with Crippen molar-refractivity contribution < 1.29 is 4.74 Å². The van der Waals surface area contributed by atoms with Crippen LogP contribution in [0.15, 0.2) is 0 Å². The zero-order valence-corrected chi connectivity index (χ0v) is 14.7. The van der Waals surface area contributed by atoms with Crippen LogP contribution in [-0.2, 0) is 11.8 Å². The van der Waals surface area contributed by atoms with E-state index in [1.807, 2.05) is 18.7 Å². The molecule has 0 aromatic carbocycles. The molecule has 4 heterocycles. The molecule has 126 valence electrons. The highest BCUT2D eigenvalue weighted by atomic mass is 32.1. The van der Waals surface area contributed by atoms with E-state index in [9.17, 15) is 0 Å². The van der Waals surface area contributed by atoms with Crippen molar-refractivity contribution in [1.82, 2.24) is 19.7 Å². The minimum absolute atomic E-state index is 0.472. The summed E-state index contributed by atoms with van der Waals surface area (Å²) in [7, 11) is 1.96. The number of ether oxygens (including phenoxy) is 1. The topological polar surface area (TPSA) is 55.2 Å². The fourth-order valence-electron chi connectivity index (χ4n) is 3.66. The van der Waals surface area contributed by atoms with E-state index in [2.05, 4.69) is 15.3 Å². The molecule has 0 saturated carbocycles. The molecule has 2 aromatic heterocycles. The van der Waals surface area contributed by atoms with Gasteiger partial charge in [-0.2, -0.15) is 5.10 Å². The summed E-state index contributed by atoms with van der Waals surface area (Å²) in [5, 5.41) is 9.08. The second kappa shape index (κ2) is 6.37. The van der Waals surface area contributed by atoms with Gasteiger partial charge in [-0.05, 0) is 32.6 Å². The Kier molecular flexibility index (Phi) is 4.26. The Bertz CT molecular complexity index is 633. The summed E-state index contributed by atoms with van der Waals surface area (Å²) in [6.45, 7) is 6.42. The number of rotatable bonds is 4. The molecule has 2 fully saturated rings. The van der Waals surface area contributed by atoms with Crippen molar-refractivity contribution in [2.45, 2.75) is 44.8 Å². The summed E-state index contributed by atoms with van der Waals surface area (Å²) in [6, 6.07) is 0.532. The van der Waals surface area contributed by atoms with Crippen molar-refractivity contribution in [1.29, 1.82) is 0 Å². The van der Waals surface area contributed by atoms with Crippen molar-refractivity contribution in [2.75, 3.05) is 31.6 Å². The summed E-state index contributed by atoms with van der Waals surface area (Å²) >= 11 is 1.73. The van der Waals surface area contributed by atoms with Crippen molar-refractivity contribution in [3.8, 4) is 0 Å². The summed E-state index contributed by atoms with van der Waals surface area (Å²) in [4.78, 5) is 7.26. The van der Waals surface area contributed by atoms with Crippen LogP contribution in [-0.4, -0.2) is 58.1 Å². The van der Waals surface area contributed by atoms with Crippen LogP contribution in [0.3, 0.4) is 0 Å². The van der Waals surface area contributed by atoms with Crippen LogP contribution in [0.5, 0.6) is 0 Å². The molecule has 0 radical (unpaired) electrons. The Labute approximate surface area is 140 Å². The zero-order valence-electron chi connectivity index (χ0n) is 13.9. The molecule has 7 heteroatoms. The number of nitrogens with one attached hydrogen (secondary N) is 1. The highest BCUT2D eigenvalue weighted by molar-refractivity contribution is 7.22. The second-order valence-electron chi connectivity index (χ2n) is 6.74. The average Bonchev–Trinajstić information content (AvgIpc) is 3.23. The normalized spacial score (nSPS) is 23.8. The molecule has 0 aliphatic carbocycles. The summed E-state index contributed by atoms with van der Waals surface area (Å²) < 4.78 is 8.82. The lowest BCUT2D eigenvalue weighted by Crippen LogP contribution is -2.42. The summed E-state index contributed by atoms with van der Waals surface area (Å²) in [5.74, 6) is 0. The smallest absolute Gasteiger partial charge is 0.185 e. The third kappa shape index (κ3) is 3.22.